The van der Waals surface area contributed by atoms with Gasteiger partial charge >= 0.3 is 6.18 Å². The Morgan fingerprint density at radius 2 is 1.89 bits per heavy atom. The van der Waals surface area contributed by atoms with Crippen molar-refractivity contribution in [3.8, 4) is 11.4 Å². The number of carbonyl (C=O) groups is 1. The lowest BCUT2D eigenvalue weighted by atomic mass is 10.1. The normalized spacial score (nSPS) is 16.4. The molecule has 200 valence electrons. The van der Waals surface area contributed by atoms with Crippen molar-refractivity contribution in [3.63, 3.8) is 0 Å². The topological polar surface area (TPSA) is 70.5 Å². The van der Waals surface area contributed by atoms with E-state index in [1.54, 1.807) is 12.1 Å². The molecule has 0 aliphatic carbocycles. The number of amides is 1. The zero-order valence-electron chi connectivity index (χ0n) is 20.4. The first-order chi connectivity index (χ1) is 18.0. The molecular formula is C26H24ClF4N5O2. The molecule has 1 amide bonds. The summed E-state index contributed by atoms with van der Waals surface area (Å²) in [5.74, 6) is -1.73. The molecule has 1 saturated heterocycles. The SMILES string of the molecule is C[C@H](NC(=O)Cn1c(-c2ccc(F)c(Cl)c2)nc2ccc(N3CCN4CCC=C4C3)cc2c1=O)C(F)(F)F. The van der Waals surface area contributed by atoms with Crippen molar-refractivity contribution in [1.29, 1.82) is 0 Å². The van der Waals surface area contributed by atoms with Gasteiger partial charge in [-0.25, -0.2) is 9.37 Å². The standard InChI is InChI=1S/C26H24ClF4N5O2/c1-15(26(29,30)31)32-23(37)14-36-24(16-4-6-21(28)20(27)11-16)33-22-7-5-17(12-19(22)25(36)38)35-10-9-34-8-2-3-18(34)13-35/h3-7,11-12,15H,2,8-10,13-14H2,1H3,(H,32,37)/t15-/m0/s1. The molecule has 2 aliphatic heterocycles. The van der Waals surface area contributed by atoms with Gasteiger partial charge in [-0.1, -0.05) is 17.7 Å². The summed E-state index contributed by atoms with van der Waals surface area (Å²) in [6.45, 7) is 3.40. The lowest BCUT2D eigenvalue weighted by Gasteiger charge is -2.37. The summed E-state index contributed by atoms with van der Waals surface area (Å²) < 4.78 is 53.8. The molecule has 0 radical (unpaired) electrons. The Morgan fingerprint density at radius 1 is 1.13 bits per heavy atom. The van der Waals surface area contributed by atoms with E-state index in [0.29, 0.717) is 12.1 Å². The van der Waals surface area contributed by atoms with Gasteiger partial charge in [-0.2, -0.15) is 13.2 Å². The van der Waals surface area contributed by atoms with Crippen molar-refractivity contribution in [2.24, 2.45) is 0 Å². The smallest absolute Gasteiger partial charge is 0.372 e. The van der Waals surface area contributed by atoms with Crippen molar-refractivity contribution >= 4 is 34.1 Å². The van der Waals surface area contributed by atoms with Crippen LogP contribution in [0.2, 0.25) is 5.02 Å². The third-order valence-corrected chi connectivity index (χ3v) is 7.12. The number of aromatic nitrogens is 2. The minimum absolute atomic E-state index is 0.0170. The van der Waals surface area contributed by atoms with Crippen molar-refractivity contribution in [1.82, 2.24) is 19.8 Å². The molecule has 3 heterocycles. The van der Waals surface area contributed by atoms with Gasteiger partial charge in [0.25, 0.3) is 5.56 Å². The Balaban J connectivity index is 1.57. The van der Waals surface area contributed by atoms with Crippen LogP contribution in [0.1, 0.15) is 13.3 Å². The van der Waals surface area contributed by atoms with Gasteiger partial charge in [0.1, 0.15) is 24.2 Å². The highest BCUT2D eigenvalue weighted by atomic mass is 35.5. The van der Waals surface area contributed by atoms with Gasteiger partial charge in [-0.05, 0) is 49.7 Å². The molecule has 12 heteroatoms. The quantitative estimate of drug-likeness (QED) is 0.480. The molecular weight excluding hydrogens is 526 g/mol. The first-order valence-electron chi connectivity index (χ1n) is 12.1. The van der Waals surface area contributed by atoms with Crippen molar-refractivity contribution in [2.45, 2.75) is 32.1 Å². The number of alkyl halides is 3. The van der Waals surface area contributed by atoms with E-state index < -0.39 is 36.0 Å². The maximum Gasteiger partial charge on any atom is 0.408 e. The number of nitrogens with zero attached hydrogens (tertiary/aromatic N) is 4. The number of piperazine rings is 1. The molecule has 3 aromatic rings. The van der Waals surface area contributed by atoms with Gasteiger partial charge in [0.15, 0.2) is 0 Å². The molecule has 2 aromatic carbocycles. The second kappa shape index (κ2) is 9.94. The minimum Gasteiger partial charge on any atom is -0.372 e. The third-order valence-electron chi connectivity index (χ3n) is 6.83. The molecule has 0 bridgehead atoms. The molecule has 38 heavy (non-hydrogen) atoms. The average Bonchev–Trinajstić information content (AvgIpc) is 3.34. The Hall–Kier alpha value is -3.60. The molecule has 7 nitrogen and oxygen atoms in total. The largest absolute Gasteiger partial charge is 0.408 e. The highest BCUT2D eigenvalue weighted by Crippen LogP contribution is 2.28. The van der Waals surface area contributed by atoms with E-state index in [1.165, 1.54) is 17.8 Å². The van der Waals surface area contributed by atoms with E-state index in [4.69, 9.17) is 11.6 Å². The summed E-state index contributed by atoms with van der Waals surface area (Å²) in [5, 5.41) is 1.85. The Morgan fingerprint density at radius 3 is 2.63 bits per heavy atom. The van der Waals surface area contributed by atoms with Crippen molar-refractivity contribution in [3.05, 3.63) is 69.4 Å². The first kappa shape index (κ1) is 26.0. The van der Waals surface area contributed by atoms with Crippen LogP contribution in [-0.2, 0) is 11.3 Å². The van der Waals surface area contributed by atoms with Crippen LogP contribution in [0, 0.1) is 5.82 Å². The number of nitrogens with one attached hydrogen (secondary N) is 1. The number of rotatable bonds is 5. The zero-order chi connectivity index (χ0) is 27.2. The van der Waals surface area contributed by atoms with E-state index in [2.05, 4.69) is 20.9 Å². The number of halogens is 5. The van der Waals surface area contributed by atoms with E-state index in [1.807, 2.05) is 11.4 Å². The maximum atomic E-state index is 13.8. The predicted octanol–water partition coefficient (Wildman–Crippen LogP) is 4.33. The summed E-state index contributed by atoms with van der Waals surface area (Å²) in [4.78, 5) is 35.3. The minimum atomic E-state index is -4.65. The summed E-state index contributed by atoms with van der Waals surface area (Å²) in [6, 6.07) is 6.79. The first-order valence-corrected chi connectivity index (χ1v) is 12.4. The van der Waals surface area contributed by atoms with Crippen molar-refractivity contribution in [2.75, 3.05) is 31.1 Å². The zero-order valence-corrected chi connectivity index (χ0v) is 21.1. The molecule has 1 N–H and O–H groups in total. The number of carbonyl (C=O) groups excluding carboxylic acids is 1. The molecule has 0 unspecified atom stereocenters. The highest BCUT2D eigenvalue weighted by molar-refractivity contribution is 6.31. The fraction of sp³-hybridized carbons (Fsp3) is 0.346. The van der Waals surface area contributed by atoms with Crippen LogP contribution in [0.4, 0.5) is 23.2 Å². The number of hydrogen-bond acceptors (Lipinski definition) is 5. The number of hydrogen-bond donors (Lipinski definition) is 1. The lowest BCUT2D eigenvalue weighted by Crippen LogP contribution is -2.45. The van der Waals surface area contributed by atoms with E-state index in [-0.39, 0.29) is 21.8 Å². The third kappa shape index (κ3) is 5.07. The molecule has 2 aliphatic rings. The molecule has 1 fully saturated rings. The fourth-order valence-electron chi connectivity index (χ4n) is 4.74. The van der Waals surface area contributed by atoms with E-state index in [0.717, 1.165) is 49.3 Å². The van der Waals surface area contributed by atoms with Crippen LogP contribution in [0.15, 0.2) is 53.0 Å². The van der Waals surface area contributed by atoms with Crippen LogP contribution in [0.3, 0.4) is 0 Å². The number of benzene rings is 2. The molecule has 0 saturated carbocycles. The Kier molecular flexibility index (Phi) is 6.81. The van der Waals surface area contributed by atoms with Crippen LogP contribution in [-0.4, -0.2) is 58.8 Å². The highest BCUT2D eigenvalue weighted by Gasteiger charge is 2.37. The maximum absolute atomic E-state index is 13.8. The number of fused-ring (bicyclic) bond motifs is 2. The molecule has 1 aromatic heterocycles. The summed E-state index contributed by atoms with van der Waals surface area (Å²) >= 11 is 5.94. The van der Waals surface area contributed by atoms with Crippen LogP contribution in [0.5, 0.6) is 0 Å². The lowest BCUT2D eigenvalue weighted by molar-refractivity contribution is -0.158. The Bertz CT molecular complexity index is 1500. The second-order valence-electron chi connectivity index (χ2n) is 9.38. The summed E-state index contributed by atoms with van der Waals surface area (Å²) in [7, 11) is 0. The van der Waals surface area contributed by atoms with Gasteiger partial charge in [-0.15, -0.1) is 0 Å². The molecule has 5 rings (SSSR count). The average molecular weight is 550 g/mol. The number of anilines is 1. The molecule has 0 spiro atoms. The van der Waals surface area contributed by atoms with Crippen LogP contribution >= 0.6 is 11.6 Å². The van der Waals surface area contributed by atoms with E-state index in [9.17, 15) is 27.2 Å². The van der Waals surface area contributed by atoms with Crippen LogP contribution < -0.4 is 15.8 Å². The van der Waals surface area contributed by atoms with Gasteiger partial charge in [0.05, 0.1) is 22.5 Å². The Labute approximate surface area is 220 Å². The summed E-state index contributed by atoms with van der Waals surface area (Å²) in [6.07, 6.45) is -1.45. The van der Waals surface area contributed by atoms with Gasteiger partial charge in [0, 0.05) is 36.6 Å². The van der Waals surface area contributed by atoms with Crippen LogP contribution in [0.25, 0.3) is 22.3 Å². The fourth-order valence-corrected chi connectivity index (χ4v) is 4.92. The van der Waals surface area contributed by atoms with Gasteiger partial charge in [-0.3, -0.25) is 14.2 Å². The van der Waals surface area contributed by atoms with Gasteiger partial charge < -0.3 is 15.1 Å². The predicted molar refractivity (Wildman–Crippen MR) is 137 cm³/mol. The second-order valence-corrected chi connectivity index (χ2v) is 9.79. The monoisotopic (exact) mass is 549 g/mol. The molecule has 1 atom stereocenters. The van der Waals surface area contributed by atoms with E-state index >= 15 is 0 Å². The van der Waals surface area contributed by atoms with Crippen molar-refractivity contribution < 1.29 is 22.4 Å². The summed E-state index contributed by atoms with van der Waals surface area (Å²) in [5.41, 5.74) is 1.98. The van der Waals surface area contributed by atoms with Gasteiger partial charge in [0.2, 0.25) is 5.91 Å².